The Morgan fingerprint density at radius 2 is 1.68 bits per heavy atom. The van der Waals surface area contributed by atoms with Crippen LogP contribution in [0.25, 0.3) is 0 Å². The van der Waals surface area contributed by atoms with Crippen LogP contribution in [0.3, 0.4) is 0 Å². The van der Waals surface area contributed by atoms with Crippen molar-refractivity contribution in [1.82, 2.24) is 0 Å². The lowest BCUT2D eigenvalue weighted by Gasteiger charge is -2.05. The molecule has 19 heavy (non-hydrogen) atoms. The molecule has 1 atom stereocenters. The highest BCUT2D eigenvalue weighted by Crippen LogP contribution is 2.04. The minimum Gasteiger partial charge on any atom is -0.461 e. The molecular formula is C16H26O3. The third-order valence-electron chi connectivity index (χ3n) is 1.96. The highest BCUT2D eigenvalue weighted by Gasteiger charge is 2.08. The van der Waals surface area contributed by atoms with Crippen molar-refractivity contribution in [2.24, 2.45) is 5.92 Å². The molecule has 108 valence electrons. The van der Waals surface area contributed by atoms with Crippen LogP contribution in [-0.2, 0) is 20.9 Å². The Morgan fingerprint density at radius 3 is 2.16 bits per heavy atom. The number of aldehydes is 1. The molecule has 0 spiro atoms. The van der Waals surface area contributed by atoms with Crippen LogP contribution in [0.1, 0.15) is 46.6 Å². The van der Waals surface area contributed by atoms with Gasteiger partial charge in [-0.25, -0.2) is 0 Å². The monoisotopic (exact) mass is 266 g/mol. The SMILES string of the molecule is CC.CC.C[C@@H](C=O)CC(=O)OCc1ccccc1. The average Bonchev–Trinajstić information content (AvgIpc) is 2.50. The number of carbonyl (C=O) groups is 2. The molecule has 1 aromatic rings. The summed E-state index contributed by atoms with van der Waals surface area (Å²) in [7, 11) is 0. The van der Waals surface area contributed by atoms with Crippen molar-refractivity contribution in [1.29, 1.82) is 0 Å². The third kappa shape index (κ3) is 11.2. The zero-order valence-corrected chi connectivity index (χ0v) is 12.7. The molecule has 0 bridgehead atoms. The quantitative estimate of drug-likeness (QED) is 0.597. The first-order valence-corrected chi connectivity index (χ1v) is 6.87. The Balaban J connectivity index is 0. The molecule has 0 N–H and O–H groups in total. The van der Waals surface area contributed by atoms with E-state index < -0.39 is 0 Å². The molecule has 0 aliphatic heterocycles. The summed E-state index contributed by atoms with van der Waals surface area (Å²) in [4.78, 5) is 21.5. The summed E-state index contributed by atoms with van der Waals surface area (Å²) >= 11 is 0. The van der Waals surface area contributed by atoms with Crippen molar-refractivity contribution in [2.45, 2.75) is 47.6 Å². The van der Waals surface area contributed by atoms with Crippen LogP contribution < -0.4 is 0 Å². The fraction of sp³-hybridized carbons (Fsp3) is 0.500. The number of benzene rings is 1. The van der Waals surface area contributed by atoms with Crippen molar-refractivity contribution in [3.63, 3.8) is 0 Å². The first kappa shape index (κ1) is 19.7. The Morgan fingerprint density at radius 1 is 1.16 bits per heavy atom. The number of rotatable bonds is 5. The van der Waals surface area contributed by atoms with Gasteiger partial charge < -0.3 is 9.53 Å². The van der Waals surface area contributed by atoms with Gasteiger partial charge in [0.25, 0.3) is 0 Å². The van der Waals surface area contributed by atoms with Gasteiger partial charge in [-0.2, -0.15) is 0 Å². The van der Waals surface area contributed by atoms with Crippen LogP contribution >= 0.6 is 0 Å². The molecule has 0 heterocycles. The first-order valence-electron chi connectivity index (χ1n) is 6.87. The van der Waals surface area contributed by atoms with Gasteiger partial charge in [0.05, 0.1) is 6.42 Å². The fourth-order valence-electron chi connectivity index (χ4n) is 1.11. The van der Waals surface area contributed by atoms with Gasteiger partial charge in [0.2, 0.25) is 0 Å². The van der Waals surface area contributed by atoms with Crippen LogP contribution in [0, 0.1) is 5.92 Å². The van der Waals surface area contributed by atoms with Gasteiger partial charge in [-0.15, -0.1) is 0 Å². The molecule has 0 radical (unpaired) electrons. The zero-order chi connectivity index (χ0) is 15.1. The van der Waals surface area contributed by atoms with Gasteiger partial charge in [0, 0.05) is 5.92 Å². The highest BCUT2D eigenvalue weighted by atomic mass is 16.5. The normalized spacial score (nSPS) is 9.95. The van der Waals surface area contributed by atoms with Gasteiger partial charge in [-0.05, 0) is 5.56 Å². The second kappa shape index (κ2) is 14.4. The predicted molar refractivity (Wildman–Crippen MR) is 78.8 cm³/mol. The molecule has 1 aromatic carbocycles. The van der Waals surface area contributed by atoms with Gasteiger partial charge in [-0.3, -0.25) is 4.79 Å². The Bertz CT molecular complexity index is 320. The van der Waals surface area contributed by atoms with E-state index in [0.29, 0.717) is 0 Å². The third-order valence-corrected chi connectivity index (χ3v) is 1.96. The smallest absolute Gasteiger partial charge is 0.306 e. The van der Waals surface area contributed by atoms with E-state index in [1.54, 1.807) is 6.92 Å². The van der Waals surface area contributed by atoms with E-state index in [-0.39, 0.29) is 24.9 Å². The Kier molecular flexibility index (Phi) is 14.9. The summed E-state index contributed by atoms with van der Waals surface area (Å²) in [5.74, 6) is -0.605. The molecule has 1 rings (SSSR count). The van der Waals surface area contributed by atoms with Crippen LogP contribution in [0.5, 0.6) is 0 Å². The predicted octanol–water partition coefficient (Wildman–Crippen LogP) is 4.01. The average molecular weight is 266 g/mol. The number of carbonyl (C=O) groups excluding carboxylic acids is 2. The van der Waals surface area contributed by atoms with Crippen molar-refractivity contribution in [3.05, 3.63) is 35.9 Å². The lowest BCUT2D eigenvalue weighted by atomic mass is 10.1. The maximum atomic E-state index is 11.2. The number of ether oxygens (including phenoxy) is 1. The molecule has 0 saturated heterocycles. The summed E-state index contributed by atoms with van der Waals surface area (Å²) in [6, 6.07) is 9.45. The lowest BCUT2D eigenvalue weighted by Crippen LogP contribution is -2.10. The molecule has 0 aliphatic rings. The summed E-state index contributed by atoms with van der Waals surface area (Å²) < 4.78 is 5.00. The van der Waals surface area contributed by atoms with Crippen molar-refractivity contribution in [3.8, 4) is 0 Å². The van der Waals surface area contributed by atoms with Crippen LogP contribution in [0.15, 0.2) is 30.3 Å². The molecule has 0 aliphatic carbocycles. The lowest BCUT2D eigenvalue weighted by molar-refractivity contribution is -0.146. The van der Waals surface area contributed by atoms with Crippen molar-refractivity contribution >= 4 is 12.3 Å². The van der Waals surface area contributed by atoms with Gasteiger partial charge in [0.15, 0.2) is 0 Å². The zero-order valence-electron chi connectivity index (χ0n) is 12.7. The molecule has 3 heteroatoms. The van der Waals surface area contributed by atoms with Gasteiger partial charge in [0.1, 0.15) is 12.9 Å². The maximum absolute atomic E-state index is 11.2. The van der Waals surface area contributed by atoms with E-state index in [9.17, 15) is 9.59 Å². The van der Waals surface area contributed by atoms with E-state index in [0.717, 1.165) is 11.8 Å². The minimum atomic E-state index is -0.335. The molecule has 0 fully saturated rings. The number of hydrogen-bond donors (Lipinski definition) is 0. The maximum Gasteiger partial charge on any atom is 0.306 e. The summed E-state index contributed by atoms with van der Waals surface area (Å²) in [6.07, 6.45) is 0.903. The van der Waals surface area contributed by atoms with Crippen molar-refractivity contribution in [2.75, 3.05) is 0 Å². The summed E-state index contributed by atoms with van der Waals surface area (Å²) in [6.45, 7) is 9.96. The van der Waals surface area contributed by atoms with E-state index >= 15 is 0 Å². The Labute approximate surface area is 117 Å². The largest absolute Gasteiger partial charge is 0.461 e. The number of hydrogen-bond acceptors (Lipinski definition) is 3. The van der Waals surface area contributed by atoms with Gasteiger partial charge >= 0.3 is 5.97 Å². The molecule has 0 unspecified atom stereocenters. The topological polar surface area (TPSA) is 43.4 Å². The fourth-order valence-corrected chi connectivity index (χ4v) is 1.11. The minimum absolute atomic E-state index is 0.149. The molecule has 0 aromatic heterocycles. The van der Waals surface area contributed by atoms with E-state index in [4.69, 9.17) is 4.74 Å². The van der Waals surface area contributed by atoms with Crippen LogP contribution in [0.2, 0.25) is 0 Å². The first-order chi connectivity index (χ1) is 9.22. The molecular weight excluding hydrogens is 240 g/mol. The van der Waals surface area contributed by atoms with E-state index in [1.165, 1.54) is 0 Å². The van der Waals surface area contributed by atoms with Gasteiger partial charge in [-0.1, -0.05) is 65.0 Å². The summed E-state index contributed by atoms with van der Waals surface area (Å²) in [5, 5.41) is 0. The molecule has 3 nitrogen and oxygen atoms in total. The van der Waals surface area contributed by atoms with Crippen LogP contribution in [0.4, 0.5) is 0 Å². The highest BCUT2D eigenvalue weighted by molar-refractivity contribution is 5.73. The van der Waals surface area contributed by atoms with Crippen LogP contribution in [-0.4, -0.2) is 12.3 Å². The van der Waals surface area contributed by atoms with E-state index in [1.807, 2.05) is 58.0 Å². The molecule has 0 amide bonds. The van der Waals surface area contributed by atoms with Crippen molar-refractivity contribution < 1.29 is 14.3 Å². The van der Waals surface area contributed by atoms with E-state index in [2.05, 4.69) is 0 Å². The molecule has 0 saturated carbocycles. The second-order valence-corrected chi connectivity index (χ2v) is 3.46. The Hall–Kier alpha value is -1.64. The number of esters is 1. The second-order valence-electron chi connectivity index (χ2n) is 3.46. The summed E-state index contributed by atoms with van der Waals surface area (Å²) in [5.41, 5.74) is 0.949. The standard InChI is InChI=1S/C12H14O3.2C2H6/c1-10(8-13)7-12(14)15-9-11-5-3-2-4-6-11;2*1-2/h2-6,8,10H,7,9H2,1H3;2*1-2H3/t10-;;/m1../s1.